The van der Waals surface area contributed by atoms with Crippen molar-refractivity contribution in [2.45, 2.75) is 13.0 Å². The molecule has 1 atom stereocenters. The Balaban J connectivity index is 2.25. The van der Waals surface area contributed by atoms with E-state index in [2.05, 4.69) is 22.5 Å². The minimum absolute atomic E-state index is 0.181. The van der Waals surface area contributed by atoms with Gasteiger partial charge in [0.25, 0.3) is 0 Å². The van der Waals surface area contributed by atoms with Gasteiger partial charge in [0.2, 0.25) is 0 Å². The van der Waals surface area contributed by atoms with Crippen molar-refractivity contribution in [3.05, 3.63) is 44.6 Å². The highest BCUT2D eigenvalue weighted by Crippen LogP contribution is 2.32. The number of nitrogens with zero attached hydrogens (tertiary/aromatic N) is 1. The van der Waals surface area contributed by atoms with Crippen molar-refractivity contribution in [1.82, 2.24) is 0 Å². The van der Waals surface area contributed by atoms with Crippen molar-refractivity contribution >= 4 is 45.9 Å². The monoisotopic (exact) mass is 314 g/mol. The van der Waals surface area contributed by atoms with E-state index in [0.717, 1.165) is 20.7 Å². The van der Waals surface area contributed by atoms with Gasteiger partial charge in [0.15, 0.2) is 0 Å². The van der Waals surface area contributed by atoms with Crippen LogP contribution in [0.2, 0.25) is 9.36 Å². The van der Waals surface area contributed by atoms with Crippen LogP contribution in [-0.4, -0.2) is 14.1 Å². The third-order valence-corrected chi connectivity index (χ3v) is 4.24. The lowest BCUT2D eigenvalue weighted by molar-refractivity contribution is 0.888. The van der Waals surface area contributed by atoms with Crippen LogP contribution in [0.15, 0.2) is 29.6 Å². The Hall–Kier alpha value is -0.900. The standard InChI is InChI=1S/C14H16Cl2N2S/c1-9(10-6-14(16)19-8-10)17-12-7-11(15)4-5-13(12)18(2)3/h4-9,17H,1-3H3. The molecule has 0 bridgehead atoms. The van der Waals surface area contributed by atoms with Gasteiger partial charge in [0.05, 0.1) is 15.7 Å². The van der Waals surface area contributed by atoms with E-state index in [1.54, 1.807) is 11.3 Å². The number of anilines is 2. The van der Waals surface area contributed by atoms with E-state index >= 15 is 0 Å². The maximum absolute atomic E-state index is 6.08. The van der Waals surface area contributed by atoms with E-state index < -0.39 is 0 Å². The molecule has 0 aliphatic carbocycles. The molecule has 0 saturated heterocycles. The fourth-order valence-corrected chi connectivity index (χ4v) is 3.04. The molecule has 2 rings (SSSR count). The third-order valence-electron chi connectivity index (χ3n) is 2.90. The lowest BCUT2D eigenvalue weighted by Crippen LogP contribution is -2.13. The zero-order valence-electron chi connectivity index (χ0n) is 11.1. The van der Waals surface area contributed by atoms with E-state index in [0.29, 0.717) is 0 Å². The quantitative estimate of drug-likeness (QED) is 0.824. The summed E-state index contributed by atoms with van der Waals surface area (Å²) in [4.78, 5) is 2.06. The molecule has 0 aliphatic rings. The molecule has 0 aliphatic heterocycles. The molecule has 1 N–H and O–H groups in total. The Labute approximate surface area is 128 Å². The van der Waals surface area contributed by atoms with Gasteiger partial charge in [-0.15, -0.1) is 11.3 Å². The van der Waals surface area contributed by atoms with Crippen molar-refractivity contribution in [2.75, 3.05) is 24.3 Å². The third kappa shape index (κ3) is 3.56. The molecule has 102 valence electrons. The molecule has 1 aromatic heterocycles. The molecule has 5 heteroatoms. The van der Waals surface area contributed by atoms with Crippen molar-refractivity contribution in [3.8, 4) is 0 Å². The highest BCUT2D eigenvalue weighted by molar-refractivity contribution is 7.14. The van der Waals surface area contributed by atoms with Gasteiger partial charge in [-0.25, -0.2) is 0 Å². The van der Waals surface area contributed by atoms with E-state index in [9.17, 15) is 0 Å². The van der Waals surface area contributed by atoms with Gasteiger partial charge in [-0.2, -0.15) is 0 Å². The van der Waals surface area contributed by atoms with Crippen LogP contribution in [0.5, 0.6) is 0 Å². The molecule has 2 aromatic rings. The SMILES string of the molecule is CC(Nc1cc(Cl)ccc1N(C)C)c1csc(Cl)c1. The van der Waals surface area contributed by atoms with Crippen LogP contribution in [0.1, 0.15) is 18.5 Å². The summed E-state index contributed by atoms with van der Waals surface area (Å²) in [5.74, 6) is 0. The zero-order valence-corrected chi connectivity index (χ0v) is 13.4. The van der Waals surface area contributed by atoms with Gasteiger partial charge in [0, 0.05) is 25.2 Å². The predicted molar refractivity (Wildman–Crippen MR) is 87.1 cm³/mol. The number of rotatable bonds is 4. The highest BCUT2D eigenvalue weighted by atomic mass is 35.5. The predicted octanol–water partition coefficient (Wildman–Crippen LogP) is 5.29. The Morgan fingerprint density at radius 1 is 1.21 bits per heavy atom. The van der Waals surface area contributed by atoms with E-state index in [1.165, 1.54) is 5.56 Å². The summed E-state index contributed by atoms with van der Waals surface area (Å²) in [7, 11) is 4.03. The normalized spacial score (nSPS) is 12.3. The maximum atomic E-state index is 6.08. The fourth-order valence-electron chi connectivity index (χ4n) is 1.88. The Morgan fingerprint density at radius 2 is 1.95 bits per heavy atom. The van der Waals surface area contributed by atoms with Gasteiger partial charge in [-0.3, -0.25) is 0 Å². The summed E-state index contributed by atoms with van der Waals surface area (Å²) in [5.41, 5.74) is 3.31. The molecule has 0 radical (unpaired) electrons. The lowest BCUT2D eigenvalue weighted by atomic mass is 10.1. The Kier molecular flexibility index (Phi) is 4.61. The fraction of sp³-hybridized carbons (Fsp3) is 0.286. The second-order valence-electron chi connectivity index (χ2n) is 4.61. The molecule has 2 nitrogen and oxygen atoms in total. The van der Waals surface area contributed by atoms with Gasteiger partial charge in [0.1, 0.15) is 0 Å². The minimum atomic E-state index is 0.181. The van der Waals surface area contributed by atoms with Crippen molar-refractivity contribution in [2.24, 2.45) is 0 Å². The van der Waals surface area contributed by atoms with Crippen LogP contribution in [0.25, 0.3) is 0 Å². The van der Waals surface area contributed by atoms with Crippen LogP contribution < -0.4 is 10.2 Å². The number of thiophene rings is 1. The van der Waals surface area contributed by atoms with E-state index in [-0.39, 0.29) is 6.04 Å². The van der Waals surface area contributed by atoms with Crippen molar-refractivity contribution in [1.29, 1.82) is 0 Å². The Bertz CT molecular complexity index is 566. The summed E-state index contributed by atoms with van der Waals surface area (Å²) in [6.45, 7) is 2.11. The summed E-state index contributed by atoms with van der Waals surface area (Å²) in [6, 6.07) is 8.03. The molecule has 1 aromatic carbocycles. The number of hydrogen-bond acceptors (Lipinski definition) is 3. The van der Waals surface area contributed by atoms with E-state index in [1.807, 2.05) is 38.4 Å². The summed E-state index contributed by atoms with van der Waals surface area (Å²) in [5, 5.41) is 6.28. The first-order valence-electron chi connectivity index (χ1n) is 5.94. The minimum Gasteiger partial charge on any atom is -0.377 e. The van der Waals surface area contributed by atoms with Crippen LogP contribution in [0, 0.1) is 0 Å². The largest absolute Gasteiger partial charge is 0.377 e. The van der Waals surface area contributed by atoms with E-state index in [4.69, 9.17) is 23.2 Å². The van der Waals surface area contributed by atoms with Gasteiger partial charge in [-0.05, 0) is 42.1 Å². The number of hydrogen-bond donors (Lipinski definition) is 1. The smallest absolute Gasteiger partial charge is 0.0931 e. The van der Waals surface area contributed by atoms with Gasteiger partial charge in [-0.1, -0.05) is 23.2 Å². The molecular formula is C14H16Cl2N2S. The summed E-state index contributed by atoms with van der Waals surface area (Å²) < 4.78 is 0.808. The second-order valence-corrected chi connectivity index (χ2v) is 6.59. The van der Waals surface area contributed by atoms with Gasteiger partial charge >= 0.3 is 0 Å². The van der Waals surface area contributed by atoms with Crippen LogP contribution in [0.4, 0.5) is 11.4 Å². The maximum Gasteiger partial charge on any atom is 0.0931 e. The topological polar surface area (TPSA) is 15.3 Å². The molecule has 1 heterocycles. The van der Waals surface area contributed by atoms with Crippen molar-refractivity contribution < 1.29 is 0 Å². The Morgan fingerprint density at radius 3 is 2.53 bits per heavy atom. The first-order valence-corrected chi connectivity index (χ1v) is 7.58. The zero-order chi connectivity index (χ0) is 14.0. The second kappa shape index (κ2) is 6.04. The molecule has 19 heavy (non-hydrogen) atoms. The molecule has 0 amide bonds. The summed E-state index contributed by atoms with van der Waals surface area (Å²) in [6.07, 6.45) is 0. The lowest BCUT2D eigenvalue weighted by Gasteiger charge is -2.22. The molecule has 0 fully saturated rings. The first kappa shape index (κ1) is 14.5. The number of benzene rings is 1. The highest BCUT2D eigenvalue weighted by Gasteiger charge is 2.11. The van der Waals surface area contributed by atoms with Crippen LogP contribution >= 0.6 is 34.5 Å². The first-order chi connectivity index (χ1) is 8.97. The summed E-state index contributed by atoms with van der Waals surface area (Å²) >= 11 is 13.6. The number of nitrogens with one attached hydrogen (secondary N) is 1. The molecule has 0 spiro atoms. The molecular weight excluding hydrogens is 299 g/mol. The average Bonchev–Trinajstić information content (AvgIpc) is 2.75. The molecule has 1 unspecified atom stereocenters. The number of halogens is 2. The average molecular weight is 315 g/mol. The van der Waals surface area contributed by atoms with Crippen molar-refractivity contribution in [3.63, 3.8) is 0 Å². The molecule has 0 saturated carbocycles. The van der Waals surface area contributed by atoms with Gasteiger partial charge < -0.3 is 10.2 Å². The van der Waals surface area contributed by atoms with Crippen LogP contribution in [-0.2, 0) is 0 Å². The van der Waals surface area contributed by atoms with Crippen LogP contribution in [0.3, 0.4) is 0 Å².